The zero-order valence-electron chi connectivity index (χ0n) is 15.0. The van der Waals surface area contributed by atoms with E-state index in [9.17, 15) is 9.59 Å². The third-order valence-corrected chi connectivity index (χ3v) is 3.45. The van der Waals surface area contributed by atoms with Crippen LogP contribution >= 0.6 is 0 Å². The van der Waals surface area contributed by atoms with Gasteiger partial charge in [-0.25, -0.2) is 4.79 Å². The average molecular weight is 357 g/mol. The van der Waals surface area contributed by atoms with Gasteiger partial charge in [0, 0.05) is 17.9 Å². The summed E-state index contributed by atoms with van der Waals surface area (Å²) < 4.78 is 15.7. The van der Waals surface area contributed by atoms with Crippen LogP contribution < -0.4 is 10.1 Å². The highest BCUT2D eigenvalue weighted by molar-refractivity contribution is 6.04. The summed E-state index contributed by atoms with van der Waals surface area (Å²) in [7, 11) is 0. The van der Waals surface area contributed by atoms with Crippen molar-refractivity contribution in [1.29, 1.82) is 0 Å². The molecule has 2 aromatic carbocycles. The highest BCUT2D eigenvalue weighted by Crippen LogP contribution is 2.16. The van der Waals surface area contributed by atoms with Crippen LogP contribution in [0.5, 0.6) is 5.75 Å². The molecule has 1 amide bonds. The standard InChI is InChI=1S/C20H23NO5/c1-3-24-12-13-26-18-7-5-6-16(14-18)19(22)21-17-10-8-15(9-11-17)20(23)25-4-2/h5-11,14H,3-4,12-13H2,1-2H3,(H,21,22). The maximum Gasteiger partial charge on any atom is 0.338 e. The molecule has 1 N–H and O–H groups in total. The van der Waals surface area contributed by atoms with E-state index in [4.69, 9.17) is 14.2 Å². The molecular formula is C20H23NO5. The second-order valence-corrected chi connectivity index (χ2v) is 5.33. The maximum absolute atomic E-state index is 12.4. The number of anilines is 1. The number of esters is 1. The smallest absolute Gasteiger partial charge is 0.338 e. The van der Waals surface area contributed by atoms with Gasteiger partial charge < -0.3 is 19.5 Å². The lowest BCUT2D eigenvalue weighted by Gasteiger charge is -2.09. The molecule has 0 saturated heterocycles. The number of hydrogen-bond donors (Lipinski definition) is 1. The van der Waals surface area contributed by atoms with Gasteiger partial charge in [0.2, 0.25) is 0 Å². The Balaban J connectivity index is 1.95. The molecule has 0 bridgehead atoms. The Labute approximate surface area is 153 Å². The van der Waals surface area contributed by atoms with Crippen LogP contribution in [0.25, 0.3) is 0 Å². The number of hydrogen-bond acceptors (Lipinski definition) is 5. The number of carbonyl (C=O) groups is 2. The Bertz CT molecular complexity index is 727. The summed E-state index contributed by atoms with van der Waals surface area (Å²) in [4.78, 5) is 24.0. The molecule has 138 valence electrons. The minimum Gasteiger partial charge on any atom is -0.491 e. The molecule has 0 aliphatic heterocycles. The van der Waals surface area contributed by atoms with Crippen molar-refractivity contribution in [3.05, 3.63) is 59.7 Å². The van der Waals surface area contributed by atoms with Crippen molar-refractivity contribution in [3.63, 3.8) is 0 Å². The van der Waals surface area contributed by atoms with Crippen molar-refractivity contribution in [2.24, 2.45) is 0 Å². The average Bonchev–Trinajstić information content (AvgIpc) is 2.66. The molecule has 2 aromatic rings. The minimum atomic E-state index is -0.387. The first-order valence-electron chi connectivity index (χ1n) is 8.53. The number of nitrogens with one attached hydrogen (secondary N) is 1. The topological polar surface area (TPSA) is 73.9 Å². The lowest BCUT2D eigenvalue weighted by molar-refractivity contribution is 0.0526. The van der Waals surface area contributed by atoms with Crippen molar-refractivity contribution in [3.8, 4) is 5.75 Å². The fraction of sp³-hybridized carbons (Fsp3) is 0.300. The van der Waals surface area contributed by atoms with Crippen LogP contribution in [-0.4, -0.2) is 38.3 Å². The van der Waals surface area contributed by atoms with Crippen LogP contribution in [-0.2, 0) is 9.47 Å². The second kappa shape index (κ2) is 10.2. The van der Waals surface area contributed by atoms with Gasteiger partial charge in [-0.05, 0) is 56.3 Å². The Hall–Kier alpha value is -2.86. The van der Waals surface area contributed by atoms with Gasteiger partial charge in [-0.3, -0.25) is 4.79 Å². The van der Waals surface area contributed by atoms with Gasteiger partial charge >= 0.3 is 5.97 Å². The number of carbonyl (C=O) groups excluding carboxylic acids is 2. The number of amides is 1. The van der Waals surface area contributed by atoms with Crippen molar-refractivity contribution < 1.29 is 23.8 Å². The van der Waals surface area contributed by atoms with Gasteiger partial charge in [-0.15, -0.1) is 0 Å². The predicted octanol–water partition coefficient (Wildman–Crippen LogP) is 3.53. The third-order valence-electron chi connectivity index (χ3n) is 3.45. The molecule has 0 radical (unpaired) electrons. The summed E-state index contributed by atoms with van der Waals surface area (Å²) in [6.45, 7) is 5.56. The summed E-state index contributed by atoms with van der Waals surface area (Å²) >= 11 is 0. The van der Waals surface area contributed by atoms with Crippen molar-refractivity contribution in [2.45, 2.75) is 13.8 Å². The first kappa shape index (κ1) is 19.5. The van der Waals surface area contributed by atoms with Gasteiger partial charge in [0.15, 0.2) is 0 Å². The fourth-order valence-corrected chi connectivity index (χ4v) is 2.20. The highest BCUT2D eigenvalue weighted by atomic mass is 16.5. The van der Waals surface area contributed by atoms with E-state index in [0.29, 0.717) is 49.0 Å². The zero-order chi connectivity index (χ0) is 18.8. The van der Waals surface area contributed by atoms with Crippen LogP contribution in [0.4, 0.5) is 5.69 Å². The normalized spacial score (nSPS) is 10.2. The Morgan fingerprint density at radius 1 is 0.923 bits per heavy atom. The van der Waals surface area contributed by atoms with E-state index >= 15 is 0 Å². The first-order chi connectivity index (χ1) is 12.6. The lowest BCUT2D eigenvalue weighted by Crippen LogP contribution is -2.13. The number of rotatable bonds is 9. The molecule has 6 nitrogen and oxygen atoms in total. The quantitative estimate of drug-likeness (QED) is 0.549. The molecule has 0 aromatic heterocycles. The zero-order valence-corrected chi connectivity index (χ0v) is 15.0. The third kappa shape index (κ3) is 5.89. The van der Waals surface area contributed by atoms with Gasteiger partial charge in [0.1, 0.15) is 12.4 Å². The maximum atomic E-state index is 12.4. The van der Waals surface area contributed by atoms with Crippen molar-refractivity contribution in [2.75, 3.05) is 31.7 Å². The van der Waals surface area contributed by atoms with Gasteiger partial charge in [-0.2, -0.15) is 0 Å². The Kier molecular flexibility index (Phi) is 7.64. The van der Waals surface area contributed by atoms with Crippen LogP contribution in [0.2, 0.25) is 0 Å². The number of benzene rings is 2. The molecule has 6 heteroatoms. The summed E-state index contributed by atoms with van der Waals surface area (Å²) in [6.07, 6.45) is 0. The van der Waals surface area contributed by atoms with E-state index in [1.807, 2.05) is 6.92 Å². The summed E-state index contributed by atoms with van der Waals surface area (Å²) in [5.41, 5.74) is 1.51. The molecule has 0 aliphatic rings. The van der Waals surface area contributed by atoms with E-state index in [1.165, 1.54) is 0 Å². The molecule has 2 rings (SSSR count). The van der Waals surface area contributed by atoms with E-state index in [1.54, 1.807) is 55.5 Å². The van der Waals surface area contributed by atoms with Crippen LogP contribution in [0, 0.1) is 0 Å². The van der Waals surface area contributed by atoms with Crippen LogP contribution in [0.1, 0.15) is 34.6 Å². The largest absolute Gasteiger partial charge is 0.491 e. The molecule has 0 atom stereocenters. The van der Waals surface area contributed by atoms with E-state index < -0.39 is 0 Å². The fourth-order valence-electron chi connectivity index (χ4n) is 2.20. The van der Waals surface area contributed by atoms with Gasteiger partial charge in [-0.1, -0.05) is 6.07 Å². The molecule has 0 spiro atoms. The van der Waals surface area contributed by atoms with E-state index in [2.05, 4.69) is 5.32 Å². The van der Waals surface area contributed by atoms with Crippen molar-refractivity contribution >= 4 is 17.6 Å². The lowest BCUT2D eigenvalue weighted by atomic mass is 10.1. The molecular weight excluding hydrogens is 334 g/mol. The van der Waals surface area contributed by atoms with Crippen molar-refractivity contribution in [1.82, 2.24) is 0 Å². The van der Waals surface area contributed by atoms with E-state index in [0.717, 1.165) is 0 Å². The monoisotopic (exact) mass is 357 g/mol. The SMILES string of the molecule is CCOCCOc1cccc(C(=O)Nc2ccc(C(=O)OCC)cc2)c1. The molecule has 26 heavy (non-hydrogen) atoms. The van der Waals surface area contributed by atoms with E-state index in [-0.39, 0.29) is 11.9 Å². The molecule has 0 fully saturated rings. The molecule has 0 unspecified atom stereocenters. The Morgan fingerprint density at radius 2 is 1.69 bits per heavy atom. The molecule has 0 saturated carbocycles. The highest BCUT2D eigenvalue weighted by Gasteiger charge is 2.09. The minimum absolute atomic E-state index is 0.260. The summed E-state index contributed by atoms with van der Waals surface area (Å²) in [5.74, 6) is -0.0403. The summed E-state index contributed by atoms with van der Waals surface area (Å²) in [6, 6.07) is 13.5. The molecule has 0 aliphatic carbocycles. The first-order valence-corrected chi connectivity index (χ1v) is 8.53. The Morgan fingerprint density at radius 3 is 2.38 bits per heavy atom. The van der Waals surface area contributed by atoms with Gasteiger partial charge in [0.05, 0.1) is 18.8 Å². The van der Waals surface area contributed by atoms with Crippen LogP contribution in [0.3, 0.4) is 0 Å². The number of ether oxygens (including phenoxy) is 3. The predicted molar refractivity (Wildman–Crippen MR) is 98.8 cm³/mol. The second-order valence-electron chi connectivity index (χ2n) is 5.33. The molecule has 0 heterocycles. The summed E-state index contributed by atoms with van der Waals surface area (Å²) in [5, 5.41) is 2.79. The van der Waals surface area contributed by atoms with Gasteiger partial charge in [0.25, 0.3) is 5.91 Å². The van der Waals surface area contributed by atoms with Crippen LogP contribution in [0.15, 0.2) is 48.5 Å².